The highest BCUT2D eigenvalue weighted by molar-refractivity contribution is 5.96. The molecule has 0 radical (unpaired) electrons. The van der Waals surface area contributed by atoms with Crippen LogP contribution in [0.5, 0.6) is 0 Å². The molecule has 0 bridgehead atoms. The van der Waals surface area contributed by atoms with Gasteiger partial charge in [0.1, 0.15) is 17.5 Å². The molecule has 2 N–H and O–H groups in total. The summed E-state index contributed by atoms with van der Waals surface area (Å²) in [5.74, 6) is -3.59. The number of carbonyl (C=O) groups is 2. The molecule has 4 nitrogen and oxygen atoms in total. The molecule has 0 aliphatic carbocycles. The van der Waals surface area contributed by atoms with Gasteiger partial charge in [0.15, 0.2) is 0 Å². The minimum absolute atomic E-state index is 0.359. The third kappa shape index (κ3) is 4.58. The molecule has 2 rings (SSSR count). The van der Waals surface area contributed by atoms with E-state index in [1.165, 1.54) is 18.2 Å². The topological polar surface area (TPSA) is 58.2 Å². The lowest BCUT2D eigenvalue weighted by atomic mass is 10.1. The second-order valence-corrected chi connectivity index (χ2v) is 5.15. The van der Waals surface area contributed by atoms with Crippen molar-refractivity contribution in [3.63, 3.8) is 0 Å². The first-order chi connectivity index (χ1) is 11.4. The molecular weight excluding hydrogens is 321 g/mol. The summed E-state index contributed by atoms with van der Waals surface area (Å²) in [6, 6.07) is 7.81. The fourth-order valence-corrected chi connectivity index (χ4v) is 2.08. The van der Waals surface area contributed by atoms with Crippen molar-refractivity contribution in [2.24, 2.45) is 0 Å². The van der Waals surface area contributed by atoms with Crippen molar-refractivity contribution in [3.8, 4) is 0 Å². The number of nitrogens with one attached hydrogen (secondary N) is 2. The number of hydrogen-bond donors (Lipinski definition) is 2. The zero-order chi connectivity index (χ0) is 17.7. The highest BCUT2D eigenvalue weighted by atomic mass is 19.1. The van der Waals surface area contributed by atoms with Gasteiger partial charge in [-0.05, 0) is 36.8 Å². The van der Waals surface area contributed by atoms with Crippen LogP contribution in [-0.4, -0.2) is 18.4 Å². The second kappa shape index (κ2) is 7.63. The third-order valence-corrected chi connectivity index (χ3v) is 3.31. The van der Waals surface area contributed by atoms with Gasteiger partial charge in [0, 0.05) is 6.07 Å². The molecule has 0 heterocycles. The Morgan fingerprint density at radius 1 is 1.04 bits per heavy atom. The molecule has 2 aromatic carbocycles. The standard InChI is InChI=1S/C17H15F3N2O2/c1-10(11-3-2-4-12(18)7-11)22-16(23)9-21-17(24)14-6-5-13(19)8-15(14)20/h2-8,10H,9H2,1H3,(H,21,24)(H,22,23). The average molecular weight is 336 g/mol. The van der Waals surface area contributed by atoms with Gasteiger partial charge >= 0.3 is 0 Å². The van der Waals surface area contributed by atoms with Crippen molar-refractivity contribution in [2.45, 2.75) is 13.0 Å². The van der Waals surface area contributed by atoms with Gasteiger partial charge < -0.3 is 10.6 Å². The lowest BCUT2D eigenvalue weighted by Gasteiger charge is -2.15. The molecule has 2 aromatic rings. The molecule has 2 amide bonds. The van der Waals surface area contributed by atoms with Gasteiger partial charge in [0.05, 0.1) is 18.2 Å². The largest absolute Gasteiger partial charge is 0.348 e. The Morgan fingerprint density at radius 3 is 2.42 bits per heavy atom. The first-order valence-electron chi connectivity index (χ1n) is 7.15. The van der Waals surface area contributed by atoms with Crippen LogP contribution in [0.1, 0.15) is 28.9 Å². The molecule has 1 atom stereocenters. The van der Waals surface area contributed by atoms with E-state index >= 15 is 0 Å². The van der Waals surface area contributed by atoms with Gasteiger partial charge in [-0.25, -0.2) is 13.2 Å². The second-order valence-electron chi connectivity index (χ2n) is 5.15. The van der Waals surface area contributed by atoms with Gasteiger partial charge in [0.2, 0.25) is 5.91 Å². The molecule has 0 spiro atoms. The Morgan fingerprint density at radius 2 is 1.75 bits per heavy atom. The summed E-state index contributed by atoms with van der Waals surface area (Å²) in [5, 5.41) is 4.82. The lowest BCUT2D eigenvalue weighted by Crippen LogP contribution is -2.38. The highest BCUT2D eigenvalue weighted by Gasteiger charge is 2.15. The first-order valence-corrected chi connectivity index (χ1v) is 7.15. The fraction of sp³-hybridized carbons (Fsp3) is 0.176. The van der Waals surface area contributed by atoms with Crippen molar-refractivity contribution in [3.05, 3.63) is 71.0 Å². The summed E-state index contributed by atoms with van der Waals surface area (Å²) < 4.78 is 39.4. The predicted molar refractivity (Wildman–Crippen MR) is 81.6 cm³/mol. The van der Waals surface area contributed by atoms with E-state index in [0.717, 1.165) is 12.1 Å². The monoisotopic (exact) mass is 336 g/mol. The van der Waals surface area contributed by atoms with Crippen LogP contribution in [0.25, 0.3) is 0 Å². The van der Waals surface area contributed by atoms with Crippen LogP contribution >= 0.6 is 0 Å². The summed E-state index contributed by atoms with van der Waals surface area (Å²) in [6.45, 7) is 1.27. The highest BCUT2D eigenvalue weighted by Crippen LogP contribution is 2.13. The number of hydrogen-bond acceptors (Lipinski definition) is 2. The quantitative estimate of drug-likeness (QED) is 0.882. The Balaban J connectivity index is 1.89. The maximum Gasteiger partial charge on any atom is 0.254 e. The molecule has 24 heavy (non-hydrogen) atoms. The van der Waals surface area contributed by atoms with E-state index in [2.05, 4.69) is 10.6 Å². The van der Waals surface area contributed by atoms with E-state index in [4.69, 9.17) is 0 Å². The zero-order valence-corrected chi connectivity index (χ0v) is 12.8. The zero-order valence-electron chi connectivity index (χ0n) is 12.8. The summed E-state index contributed by atoms with van der Waals surface area (Å²) in [5.41, 5.74) is 0.210. The van der Waals surface area contributed by atoms with E-state index in [1.807, 2.05) is 0 Å². The van der Waals surface area contributed by atoms with Crippen LogP contribution in [0.15, 0.2) is 42.5 Å². The van der Waals surface area contributed by atoms with Crippen LogP contribution in [-0.2, 0) is 4.79 Å². The van der Waals surface area contributed by atoms with Crippen molar-refractivity contribution in [1.29, 1.82) is 0 Å². The molecular formula is C17H15F3N2O2. The lowest BCUT2D eigenvalue weighted by molar-refractivity contribution is -0.120. The number of benzene rings is 2. The van der Waals surface area contributed by atoms with E-state index in [9.17, 15) is 22.8 Å². The fourth-order valence-electron chi connectivity index (χ4n) is 2.08. The minimum Gasteiger partial charge on any atom is -0.348 e. The maximum absolute atomic E-state index is 13.5. The number of carbonyl (C=O) groups excluding carboxylic acids is 2. The summed E-state index contributed by atoms with van der Waals surface area (Å²) in [4.78, 5) is 23.6. The first kappa shape index (κ1) is 17.5. The van der Waals surface area contributed by atoms with E-state index < -0.39 is 41.9 Å². The molecule has 0 saturated carbocycles. The van der Waals surface area contributed by atoms with E-state index in [-0.39, 0.29) is 5.56 Å². The SMILES string of the molecule is CC(NC(=O)CNC(=O)c1ccc(F)cc1F)c1cccc(F)c1. The summed E-state index contributed by atoms with van der Waals surface area (Å²) in [6.07, 6.45) is 0. The summed E-state index contributed by atoms with van der Waals surface area (Å²) in [7, 11) is 0. The Hall–Kier alpha value is -2.83. The number of amides is 2. The predicted octanol–water partition coefficient (Wildman–Crippen LogP) is 2.71. The van der Waals surface area contributed by atoms with E-state index in [0.29, 0.717) is 11.6 Å². The van der Waals surface area contributed by atoms with Crippen LogP contribution in [0.3, 0.4) is 0 Å². The molecule has 7 heteroatoms. The van der Waals surface area contributed by atoms with E-state index in [1.54, 1.807) is 13.0 Å². The molecule has 0 aromatic heterocycles. The van der Waals surface area contributed by atoms with Crippen LogP contribution < -0.4 is 10.6 Å². The van der Waals surface area contributed by atoms with Gasteiger partial charge in [-0.15, -0.1) is 0 Å². The number of halogens is 3. The maximum atomic E-state index is 13.5. The van der Waals surface area contributed by atoms with Gasteiger partial charge in [-0.3, -0.25) is 9.59 Å². The molecule has 0 fully saturated rings. The van der Waals surface area contributed by atoms with Crippen molar-refractivity contribution in [1.82, 2.24) is 10.6 Å². The van der Waals surface area contributed by atoms with Crippen molar-refractivity contribution < 1.29 is 22.8 Å². The molecule has 126 valence electrons. The van der Waals surface area contributed by atoms with Crippen molar-refractivity contribution in [2.75, 3.05) is 6.54 Å². The Labute approximate surface area is 136 Å². The Bertz CT molecular complexity index is 765. The normalized spacial score (nSPS) is 11.7. The van der Waals surface area contributed by atoms with Gasteiger partial charge in [0.25, 0.3) is 5.91 Å². The van der Waals surface area contributed by atoms with Crippen LogP contribution in [0, 0.1) is 17.5 Å². The molecule has 0 aliphatic rings. The average Bonchev–Trinajstić information content (AvgIpc) is 2.52. The number of rotatable bonds is 5. The van der Waals surface area contributed by atoms with Gasteiger partial charge in [-0.2, -0.15) is 0 Å². The third-order valence-electron chi connectivity index (χ3n) is 3.31. The van der Waals surface area contributed by atoms with Gasteiger partial charge in [-0.1, -0.05) is 12.1 Å². The molecule has 0 aliphatic heterocycles. The molecule has 1 unspecified atom stereocenters. The Kier molecular flexibility index (Phi) is 5.57. The summed E-state index contributed by atoms with van der Waals surface area (Å²) >= 11 is 0. The van der Waals surface area contributed by atoms with Crippen LogP contribution in [0.2, 0.25) is 0 Å². The smallest absolute Gasteiger partial charge is 0.254 e. The molecule has 0 saturated heterocycles. The minimum atomic E-state index is -1.01. The van der Waals surface area contributed by atoms with Crippen molar-refractivity contribution >= 4 is 11.8 Å². The van der Waals surface area contributed by atoms with Crippen LogP contribution in [0.4, 0.5) is 13.2 Å².